The number of hydrogen-bond acceptors (Lipinski definition) is 9. The van der Waals surface area contributed by atoms with Crippen molar-refractivity contribution in [3.05, 3.63) is 29.8 Å². The number of nitrogens with one attached hydrogen (secondary N) is 4. The highest BCUT2D eigenvalue weighted by atomic mass is 16.4. The summed E-state index contributed by atoms with van der Waals surface area (Å²) in [5.41, 5.74) is 17.2. The predicted molar refractivity (Wildman–Crippen MR) is 153 cm³/mol. The summed E-state index contributed by atoms with van der Waals surface area (Å²) in [7, 11) is 0. The molecular weight excluding hydrogens is 552 g/mol. The molecule has 1 aromatic rings. The lowest BCUT2D eigenvalue weighted by molar-refractivity contribution is -0.142. The van der Waals surface area contributed by atoms with E-state index in [1.807, 2.05) is 6.92 Å². The van der Waals surface area contributed by atoms with Gasteiger partial charge in [0.25, 0.3) is 0 Å². The van der Waals surface area contributed by atoms with Gasteiger partial charge >= 0.3 is 5.97 Å². The van der Waals surface area contributed by atoms with E-state index < -0.39 is 66.9 Å². The number of aliphatic carboxylic acids is 1. The Hall–Kier alpha value is -4.44. The van der Waals surface area contributed by atoms with Gasteiger partial charge in [0.1, 0.15) is 23.9 Å². The van der Waals surface area contributed by atoms with Crippen molar-refractivity contribution in [2.45, 2.75) is 63.7 Å². The number of phenolic OH excluding ortho intramolecular Hbond substituents is 1. The molecule has 0 aliphatic heterocycles. The summed E-state index contributed by atoms with van der Waals surface area (Å²) in [6.45, 7) is 2.26. The number of rotatable bonds is 18. The molecule has 16 heteroatoms. The van der Waals surface area contributed by atoms with Gasteiger partial charge in [-0.1, -0.05) is 32.4 Å². The average molecular weight is 595 g/mol. The molecule has 0 heterocycles. The number of carboxylic acid groups (broad SMARTS) is 1. The highest BCUT2D eigenvalue weighted by molar-refractivity contribution is 5.94. The van der Waals surface area contributed by atoms with Crippen LogP contribution in [0, 0.1) is 5.92 Å². The number of guanidine groups is 1. The first-order valence-corrected chi connectivity index (χ1v) is 13.4. The molecule has 1 aromatic carbocycles. The summed E-state index contributed by atoms with van der Waals surface area (Å²) < 4.78 is 0. The molecule has 0 spiro atoms. The van der Waals surface area contributed by atoms with Crippen LogP contribution in [-0.4, -0.2) is 94.7 Å². The maximum Gasteiger partial charge on any atom is 0.326 e. The van der Waals surface area contributed by atoms with E-state index in [0.29, 0.717) is 12.0 Å². The highest BCUT2D eigenvalue weighted by Gasteiger charge is 2.29. The van der Waals surface area contributed by atoms with Crippen LogP contribution in [0.5, 0.6) is 5.75 Å². The van der Waals surface area contributed by atoms with Gasteiger partial charge in [-0.05, 0) is 42.9 Å². The van der Waals surface area contributed by atoms with Crippen molar-refractivity contribution in [2.24, 2.45) is 28.1 Å². The SMILES string of the molecule is CC[C@H](C)[C@H](NC(=O)[C@H](N)Cc1ccc(O)cc1)C(=O)NCC(=O)N[C@@H](CO)C(=O)N[C@H](CCCN=C(N)N)C(=O)O. The lowest BCUT2D eigenvalue weighted by Crippen LogP contribution is -2.57. The smallest absolute Gasteiger partial charge is 0.326 e. The van der Waals surface area contributed by atoms with E-state index in [9.17, 15) is 39.3 Å². The van der Waals surface area contributed by atoms with E-state index in [1.165, 1.54) is 12.1 Å². The van der Waals surface area contributed by atoms with Crippen molar-refractivity contribution in [1.82, 2.24) is 21.3 Å². The maximum atomic E-state index is 12.9. The second-order valence-corrected chi connectivity index (χ2v) is 9.72. The van der Waals surface area contributed by atoms with Crippen LogP contribution >= 0.6 is 0 Å². The van der Waals surface area contributed by atoms with E-state index in [-0.39, 0.29) is 43.4 Å². The van der Waals surface area contributed by atoms with Crippen molar-refractivity contribution in [1.29, 1.82) is 0 Å². The monoisotopic (exact) mass is 594 g/mol. The minimum absolute atomic E-state index is 0.0126. The molecule has 1 rings (SSSR count). The van der Waals surface area contributed by atoms with Gasteiger partial charge in [0.05, 0.1) is 19.2 Å². The van der Waals surface area contributed by atoms with Gasteiger partial charge in [0.2, 0.25) is 23.6 Å². The van der Waals surface area contributed by atoms with Crippen LogP contribution in [0.2, 0.25) is 0 Å². The van der Waals surface area contributed by atoms with Gasteiger partial charge in [-0.15, -0.1) is 0 Å². The van der Waals surface area contributed by atoms with Crippen LogP contribution in [0.3, 0.4) is 0 Å². The Balaban J connectivity index is 2.70. The molecule has 0 aromatic heterocycles. The third-order valence-electron chi connectivity index (χ3n) is 6.34. The fourth-order valence-electron chi connectivity index (χ4n) is 3.69. The van der Waals surface area contributed by atoms with Crippen LogP contribution < -0.4 is 38.5 Å². The van der Waals surface area contributed by atoms with Crippen molar-refractivity contribution >= 4 is 35.6 Å². The lowest BCUT2D eigenvalue weighted by atomic mass is 9.97. The number of aliphatic imine (C=N–C) groups is 1. The summed E-state index contributed by atoms with van der Waals surface area (Å²) in [5, 5.41) is 37.8. The fourth-order valence-corrected chi connectivity index (χ4v) is 3.69. The lowest BCUT2D eigenvalue weighted by Gasteiger charge is -2.25. The van der Waals surface area contributed by atoms with Crippen molar-refractivity contribution in [3.63, 3.8) is 0 Å². The molecule has 0 radical (unpaired) electrons. The molecule has 0 unspecified atom stereocenters. The van der Waals surface area contributed by atoms with E-state index in [1.54, 1.807) is 19.1 Å². The number of nitrogens with two attached hydrogens (primary N) is 3. The Morgan fingerprint density at radius 1 is 0.952 bits per heavy atom. The fraction of sp³-hybridized carbons (Fsp3) is 0.538. The molecule has 4 amide bonds. The quantitative estimate of drug-likeness (QED) is 0.0464. The molecule has 0 saturated carbocycles. The topological polar surface area (TPSA) is 285 Å². The zero-order valence-electron chi connectivity index (χ0n) is 23.7. The van der Waals surface area contributed by atoms with Crippen LogP contribution in [0.4, 0.5) is 0 Å². The van der Waals surface area contributed by atoms with Gasteiger partial charge in [-0.2, -0.15) is 0 Å². The van der Waals surface area contributed by atoms with Gasteiger partial charge in [0.15, 0.2) is 5.96 Å². The maximum absolute atomic E-state index is 12.9. The van der Waals surface area contributed by atoms with Crippen molar-refractivity contribution in [2.75, 3.05) is 19.7 Å². The van der Waals surface area contributed by atoms with E-state index in [2.05, 4.69) is 26.3 Å². The zero-order chi connectivity index (χ0) is 31.8. The third-order valence-corrected chi connectivity index (χ3v) is 6.34. The average Bonchev–Trinajstić information content (AvgIpc) is 2.94. The number of aliphatic hydroxyl groups is 1. The Morgan fingerprint density at radius 3 is 2.14 bits per heavy atom. The van der Waals surface area contributed by atoms with Crippen LogP contribution in [0.25, 0.3) is 0 Å². The zero-order valence-corrected chi connectivity index (χ0v) is 23.7. The molecule has 42 heavy (non-hydrogen) atoms. The van der Waals surface area contributed by atoms with E-state index in [0.717, 1.165) is 0 Å². The number of carboxylic acids is 1. The number of aliphatic hydroxyl groups excluding tert-OH is 1. The summed E-state index contributed by atoms with van der Waals surface area (Å²) in [6.07, 6.45) is 0.905. The highest BCUT2D eigenvalue weighted by Crippen LogP contribution is 2.12. The summed E-state index contributed by atoms with van der Waals surface area (Å²) in [6, 6.07) is 1.36. The van der Waals surface area contributed by atoms with Crippen LogP contribution in [-0.2, 0) is 30.4 Å². The van der Waals surface area contributed by atoms with Crippen LogP contribution in [0.15, 0.2) is 29.3 Å². The largest absolute Gasteiger partial charge is 0.508 e. The first-order valence-electron chi connectivity index (χ1n) is 13.4. The number of hydrogen-bond donors (Lipinski definition) is 10. The van der Waals surface area contributed by atoms with Gasteiger partial charge in [-0.3, -0.25) is 24.2 Å². The number of aromatic hydroxyl groups is 1. The number of carbonyl (C=O) groups is 5. The van der Waals surface area contributed by atoms with Gasteiger partial charge < -0.3 is 53.8 Å². The first kappa shape index (κ1) is 35.6. The summed E-state index contributed by atoms with van der Waals surface area (Å²) >= 11 is 0. The number of phenols is 1. The third kappa shape index (κ3) is 12.8. The van der Waals surface area contributed by atoms with Crippen molar-refractivity contribution in [3.8, 4) is 5.75 Å². The normalized spacial score (nSPS) is 14.3. The van der Waals surface area contributed by atoms with Crippen molar-refractivity contribution < 1.29 is 39.3 Å². The minimum atomic E-state index is -1.49. The number of carbonyl (C=O) groups excluding carboxylic acids is 4. The molecule has 16 nitrogen and oxygen atoms in total. The second-order valence-electron chi connectivity index (χ2n) is 9.72. The Morgan fingerprint density at radius 2 is 1.60 bits per heavy atom. The van der Waals surface area contributed by atoms with Crippen LogP contribution in [0.1, 0.15) is 38.7 Å². The molecule has 0 fully saturated rings. The Kier molecular flexibility index (Phi) is 15.3. The van der Waals surface area contributed by atoms with Gasteiger partial charge in [0, 0.05) is 6.54 Å². The number of benzene rings is 1. The Bertz CT molecular complexity index is 1090. The predicted octanol–water partition coefficient (Wildman–Crippen LogP) is -2.99. The van der Waals surface area contributed by atoms with Gasteiger partial charge in [-0.25, -0.2) is 4.79 Å². The molecule has 234 valence electrons. The molecular formula is C26H42N8O8. The molecule has 0 bridgehead atoms. The Labute approximate surface area is 243 Å². The molecule has 0 aliphatic carbocycles. The number of nitrogens with zero attached hydrogens (tertiary/aromatic N) is 1. The summed E-state index contributed by atoms with van der Waals surface area (Å²) in [4.78, 5) is 65.8. The minimum Gasteiger partial charge on any atom is -0.508 e. The first-order chi connectivity index (χ1) is 19.8. The second kappa shape index (κ2) is 18.1. The molecule has 5 atom stereocenters. The molecule has 0 saturated heterocycles. The standard InChI is InChI=1S/C26H42N8O8/c1-3-14(2)21(34-22(38)17(27)11-15-6-8-16(36)9-7-15)24(40)31-12-20(37)32-19(13-35)23(39)33-18(25(41)42)5-4-10-30-26(28)29/h6-9,14,17-19,21,35-36H,3-5,10-13,27H2,1-2H3,(H,31,40)(H,32,37)(H,33,39)(H,34,38)(H,41,42)(H4,28,29,30)/t14-,17+,18+,19-,21-/m0/s1. The molecule has 13 N–H and O–H groups in total. The molecule has 0 aliphatic rings. The van der Waals surface area contributed by atoms with E-state index >= 15 is 0 Å². The number of amides is 4. The van der Waals surface area contributed by atoms with E-state index in [4.69, 9.17) is 17.2 Å². The summed E-state index contributed by atoms with van der Waals surface area (Å²) in [5.74, 6) is -4.78.